The Kier molecular flexibility index (Phi) is 5.94. The summed E-state index contributed by atoms with van der Waals surface area (Å²) in [4.78, 5) is 23.9. The van der Waals surface area contributed by atoms with Crippen LogP contribution in [0.4, 0.5) is 0 Å². The molecule has 3 aromatic rings. The van der Waals surface area contributed by atoms with E-state index >= 15 is 0 Å². The van der Waals surface area contributed by atoms with E-state index in [2.05, 4.69) is 28.0 Å². The number of ether oxygens (including phenoxy) is 1. The Morgan fingerprint density at radius 2 is 2.04 bits per heavy atom. The summed E-state index contributed by atoms with van der Waals surface area (Å²) in [6.45, 7) is 3.55. The molecular weight excluding hydrogens is 424 g/mol. The number of carbonyl (C=O) groups excluding carboxylic acids is 1. The molecule has 0 radical (unpaired) electrons. The van der Waals surface area contributed by atoms with Crippen LogP contribution < -0.4 is 4.74 Å². The molecule has 2 aromatic carbocycles. The quantitative estimate of drug-likeness (QED) is 0.554. The smallest absolute Gasteiger partial charge is 0.341 e. The summed E-state index contributed by atoms with van der Waals surface area (Å²) in [7, 11) is 0. The van der Waals surface area contributed by atoms with Crippen LogP contribution in [0.25, 0.3) is 5.69 Å². The highest BCUT2D eigenvalue weighted by molar-refractivity contribution is 9.10. The molecule has 0 saturated carbocycles. The molecule has 0 bridgehead atoms. The lowest BCUT2D eigenvalue weighted by Crippen LogP contribution is -2.12. The van der Waals surface area contributed by atoms with Crippen LogP contribution in [0.3, 0.4) is 0 Å². The lowest BCUT2D eigenvalue weighted by atomic mass is 10.0. The van der Waals surface area contributed by atoms with Crippen LogP contribution in [0, 0.1) is 6.92 Å². The number of hydrogen-bond donors (Lipinski definition) is 1. The van der Waals surface area contributed by atoms with Gasteiger partial charge in [0.1, 0.15) is 5.75 Å². The average molecular weight is 443 g/mol. The summed E-state index contributed by atoms with van der Waals surface area (Å²) >= 11 is 3.34. The molecule has 0 aliphatic rings. The molecule has 0 atom stereocenters. The van der Waals surface area contributed by atoms with E-state index in [0.717, 1.165) is 23.2 Å². The Labute approximate surface area is 170 Å². The Morgan fingerprint density at radius 1 is 1.25 bits per heavy atom. The summed E-state index contributed by atoms with van der Waals surface area (Å²) in [5.74, 6) is -1.19. The normalized spacial score (nSPS) is 10.7. The minimum absolute atomic E-state index is 0.216. The van der Waals surface area contributed by atoms with E-state index in [4.69, 9.17) is 9.84 Å². The number of ketones is 1. The fraction of sp³-hybridized carbons (Fsp3) is 0.190. The molecule has 0 saturated heterocycles. The zero-order valence-corrected chi connectivity index (χ0v) is 17.1. The van der Waals surface area contributed by atoms with Gasteiger partial charge in [0.05, 0.1) is 23.0 Å². The Balaban J connectivity index is 1.98. The highest BCUT2D eigenvalue weighted by Gasteiger charge is 2.19. The maximum absolute atomic E-state index is 13.0. The van der Waals surface area contributed by atoms with Gasteiger partial charge in [-0.15, -0.1) is 0 Å². The molecule has 144 valence electrons. The average Bonchev–Trinajstić information content (AvgIpc) is 3.15. The van der Waals surface area contributed by atoms with Gasteiger partial charge >= 0.3 is 5.97 Å². The van der Waals surface area contributed by atoms with Crippen molar-refractivity contribution in [2.45, 2.75) is 20.3 Å². The highest BCUT2D eigenvalue weighted by Crippen LogP contribution is 2.27. The molecule has 1 heterocycles. The fourth-order valence-electron chi connectivity index (χ4n) is 3.00. The second-order valence-electron chi connectivity index (χ2n) is 6.26. The lowest BCUT2D eigenvalue weighted by molar-refractivity contribution is -0.139. The number of para-hydroxylation sites is 1. The van der Waals surface area contributed by atoms with Gasteiger partial charge < -0.3 is 9.84 Å². The minimum atomic E-state index is -1.11. The number of nitrogens with zero attached hydrogens (tertiary/aromatic N) is 2. The summed E-state index contributed by atoms with van der Waals surface area (Å²) < 4.78 is 7.67. The summed E-state index contributed by atoms with van der Waals surface area (Å²) in [5.41, 5.74) is 3.82. The third-order valence-electron chi connectivity index (χ3n) is 4.31. The van der Waals surface area contributed by atoms with E-state index in [0.29, 0.717) is 10.0 Å². The molecule has 0 aliphatic carbocycles. The second kappa shape index (κ2) is 8.39. The number of benzene rings is 2. The van der Waals surface area contributed by atoms with Crippen LogP contribution in [0.15, 0.2) is 53.3 Å². The van der Waals surface area contributed by atoms with Gasteiger partial charge in [0.2, 0.25) is 0 Å². The van der Waals surface area contributed by atoms with E-state index in [1.165, 1.54) is 6.20 Å². The van der Waals surface area contributed by atoms with Crippen molar-refractivity contribution in [1.29, 1.82) is 0 Å². The first-order valence-corrected chi connectivity index (χ1v) is 9.52. The van der Waals surface area contributed by atoms with Gasteiger partial charge in [0.25, 0.3) is 0 Å². The van der Waals surface area contributed by atoms with Gasteiger partial charge in [0.15, 0.2) is 12.4 Å². The van der Waals surface area contributed by atoms with Gasteiger partial charge in [-0.3, -0.25) is 4.79 Å². The van der Waals surface area contributed by atoms with Gasteiger partial charge in [-0.25, -0.2) is 9.48 Å². The van der Waals surface area contributed by atoms with Gasteiger partial charge in [-0.1, -0.05) is 41.1 Å². The number of carbonyl (C=O) groups is 2. The Bertz CT molecular complexity index is 1040. The number of carboxylic acid groups (broad SMARTS) is 1. The first-order valence-electron chi connectivity index (χ1n) is 8.73. The van der Waals surface area contributed by atoms with Crippen molar-refractivity contribution >= 4 is 27.7 Å². The largest absolute Gasteiger partial charge is 0.481 e. The molecule has 3 rings (SSSR count). The summed E-state index contributed by atoms with van der Waals surface area (Å²) in [6, 6.07) is 10.9. The number of aromatic nitrogens is 2. The molecule has 6 nitrogen and oxygen atoms in total. The van der Waals surface area contributed by atoms with E-state index in [-0.39, 0.29) is 17.1 Å². The first kappa shape index (κ1) is 19.8. The highest BCUT2D eigenvalue weighted by atomic mass is 79.9. The number of aryl methyl sites for hydroxylation is 2. The second-order valence-corrected chi connectivity index (χ2v) is 7.18. The molecule has 1 aromatic heterocycles. The molecule has 0 amide bonds. The van der Waals surface area contributed by atoms with Crippen molar-refractivity contribution in [3.63, 3.8) is 0 Å². The predicted molar refractivity (Wildman–Crippen MR) is 108 cm³/mol. The van der Waals surface area contributed by atoms with Crippen molar-refractivity contribution in [2.75, 3.05) is 6.61 Å². The molecular formula is C21H19BrN2O4. The van der Waals surface area contributed by atoms with Crippen molar-refractivity contribution in [3.05, 3.63) is 75.5 Å². The van der Waals surface area contributed by atoms with Crippen LogP contribution in [-0.2, 0) is 11.2 Å². The van der Waals surface area contributed by atoms with Crippen LogP contribution in [0.2, 0.25) is 0 Å². The van der Waals surface area contributed by atoms with Crippen molar-refractivity contribution < 1.29 is 19.4 Å². The number of carboxylic acids is 1. The third-order valence-corrected chi connectivity index (χ3v) is 4.81. The summed E-state index contributed by atoms with van der Waals surface area (Å²) in [6.07, 6.45) is 4.04. The SMILES string of the molecule is CCc1cccc(C)c1-n1cc(C(=O)c2cc(Br)ccc2OCC(=O)O)cn1. The van der Waals surface area contributed by atoms with Gasteiger partial charge in [0, 0.05) is 10.7 Å². The zero-order chi connectivity index (χ0) is 20.3. The number of aliphatic carboxylic acids is 1. The van der Waals surface area contributed by atoms with E-state index in [1.807, 2.05) is 25.1 Å². The topological polar surface area (TPSA) is 81.4 Å². The Hall–Kier alpha value is -2.93. The minimum Gasteiger partial charge on any atom is -0.481 e. The first-order chi connectivity index (χ1) is 13.4. The van der Waals surface area contributed by atoms with Crippen molar-refractivity contribution in [2.24, 2.45) is 0 Å². The monoisotopic (exact) mass is 442 g/mol. The maximum Gasteiger partial charge on any atom is 0.341 e. The zero-order valence-electron chi connectivity index (χ0n) is 15.5. The third kappa shape index (κ3) is 4.14. The standard InChI is InChI=1S/C21H19BrN2O4/c1-3-14-6-4-5-13(2)20(14)24-11-15(10-23-24)21(27)17-9-16(22)7-8-18(17)28-12-19(25)26/h4-11H,3,12H2,1-2H3,(H,25,26). The Morgan fingerprint density at radius 3 is 2.75 bits per heavy atom. The van der Waals surface area contributed by atoms with Crippen LogP contribution in [-0.4, -0.2) is 33.2 Å². The molecule has 7 heteroatoms. The molecule has 1 N–H and O–H groups in total. The lowest BCUT2D eigenvalue weighted by Gasteiger charge is -2.11. The molecule has 0 unspecified atom stereocenters. The molecule has 28 heavy (non-hydrogen) atoms. The van der Waals surface area contributed by atoms with Gasteiger partial charge in [-0.05, 0) is 42.7 Å². The van der Waals surface area contributed by atoms with E-state index in [9.17, 15) is 9.59 Å². The molecule has 0 fully saturated rings. The number of rotatable bonds is 7. The predicted octanol–water partition coefficient (Wildman–Crippen LogP) is 4.20. The fourth-order valence-corrected chi connectivity index (χ4v) is 3.36. The van der Waals surface area contributed by atoms with Crippen LogP contribution >= 0.6 is 15.9 Å². The summed E-state index contributed by atoms with van der Waals surface area (Å²) in [5, 5.41) is 13.2. The van der Waals surface area contributed by atoms with Crippen LogP contribution in [0.1, 0.15) is 34.0 Å². The number of halogens is 1. The van der Waals surface area contributed by atoms with Crippen LogP contribution in [0.5, 0.6) is 5.75 Å². The maximum atomic E-state index is 13.0. The van der Waals surface area contributed by atoms with E-state index in [1.54, 1.807) is 29.1 Å². The molecule has 0 spiro atoms. The van der Waals surface area contributed by atoms with Gasteiger partial charge in [-0.2, -0.15) is 5.10 Å². The number of hydrogen-bond acceptors (Lipinski definition) is 4. The van der Waals surface area contributed by atoms with E-state index < -0.39 is 12.6 Å². The molecule has 0 aliphatic heterocycles. The van der Waals surface area contributed by atoms with Crippen molar-refractivity contribution in [3.8, 4) is 11.4 Å². The van der Waals surface area contributed by atoms with Crippen molar-refractivity contribution in [1.82, 2.24) is 9.78 Å².